The molecule has 0 heterocycles. The highest BCUT2D eigenvalue weighted by molar-refractivity contribution is 7.80. The zero-order chi connectivity index (χ0) is 13.9. The van der Waals surface area contributed by atoms with E-state index in [1.54, 1.807) is 13.8 Å². The number of hydrogen-bond donors (Lipinski definition) is 1. The second kappa shape index (κ2) is 6.38. The summed E-state index contributed by atoms with van der Waals surface area (Å²) in [6.45, 7) is 3.33. The molecular formula is C10H10Cl2NO4S-. The van der Waals surface area contributed by atoms with Crippen LogP contribution in [0.1, 0.15) is 13.8 Å². The number of halogens is 2. The van der Waals surface area contributed by atoms with Gasteiger partial charge in [0, 0.05) is 17.0 Å². The number of nitrogens with one attached hydrogen (secondary N) is 1. The highest BCUT2D eigenvalue weighted by Gasteiger charge is 2.16. The van der Waals surface area contributed by atoms with Gasteiger partial charge in [-0.3, -0.25) is 9.00 Å². The van der Waals surface area contributed by atoms with Gasteiger partial charge in [-0.15, -0.1) is 0 Å². The molecule has 0 saturated heterocycles. The maximum atomic E-state index is 11.4. The van der Waals surface area contributed by atoms with Gasteiger partial charge in [0.1, 0.15) is 0 Å². The molecule has 0 saturated carbocycles. The third-order valence-corrected chi connectivity index (χ3v) is 2.84. The number of carbonyl (C=O) groups excluding carboxylic acids is 1. The standard InChI is InChI=1S/C10H11Cl2NO4S/c1-5(2)10(14)17-9-7(11)3-6(4-8(9)12)13-18(15)16/h3-5,13H,1-2H3,(H,15,16)/p-1. The molecule has 5 nitrogen and oxygen atoms in total. The Balaban J connectivity index is 3.01. The minimum Gasteiger partial charge on any atom is -0.755 e. The van der Waals surface area contributed by atoms with E-state index < -0.39 is 17.2 Å². The zero-order valence-electron chi connectivity index (χ0n) is 9.53. The molecule has 1 rings (SSSR count). The van der Waals surface area contributed by atoms with Crippen molar-refractivity contribution in [2.45, 2.75) is 13.8 Å². The molecule has 1 aromatic rings. The van der Waals surface area contributed by atoms with Crippen molar-refractivity contribution in [2.24, 2.45) is 5.92 Å². The number of anilines is 1. The Kier molecular flexibility index (Phi) is 5.40. The molecule has 0 aliphatic rings. The lowest BCUT2D eigenvalue weighted by molar-refractivity contribution is -0.137. The summed E-state index contributed by atoms with van der Waals surface area (Å²) in [5.74, 6) is -0.796. The van der Waals surface area contributed by atoms with Crippen molar-refractivity contribution in [2.75, 3.05) is 4.72 Å². The summed E-state index contributed by atoms with van der Waals surface area (Å²) in [5.41, 5.74) is 0.183. The molecule has 8 heteroatoms. The maximum Gasteiger partial charge on any atom is 0.313 e. The maximum absolute atomic E-state index is 11.4. The van der Waals surface area contributed by atoms with Crippen LogP contribution in [-0.4, -0.2) is 14.7 Å². The Morgan fingerprint density at radius 2 is 1.89 bits per heavy atom. The number of rotatable bonds is 4. The molecule has 0 bridgehead atoms. The first-order chi connectivity index (χ1) is 8.31. The fourth-order valence-electron chi connectivity index (χ4n) is 1.03. The van der Waals surface area contributed by atoms with Crippen LogP contribution in [0.4, 0.5) is 5.69 Å². The smallest absolute Gasteiger partial charge is 0.313 e. The largest absolute Gasteiger partial charge is 0.755 e. The molecule has 18 heavy (non-hydrogen) atoms. The topological polar surface area (TPSA) is 78.5 Å². The normalized spacial score (nSPS) is 12.3. The molecule has 0 amide bonds. The molecule has 0 fully saturated rings. The number of esters is 1. The van der Waals surface area contributed by atoms with Crippen LogP contribution in [0.2, 0.25) is 10.0 Å². The summed E-state index contributed by atoms with van der Waals surface area (Å²) in [7, 11) is 0. The number of ether oxygens (including phenoxy) is 1. The first-order valence-electron chi connectivity index (χ1n) is 4.88. The van der Waals surface area contributed by atoms with E-state index in [4.69, 9.17) is 27.9 Å². The molecule has 0 aliphatic heterocycles. The Labute approximate surface area is 117 Å². The summed E-state index contributed by atoms with van der Waals surface area (Å²) >= 11 is 9.25. The highest BCUT2D eigenvalue weighted by atomic mass is 35.5. The number of hydrogen-bond acceptors (Lipinski definition) is 4. The van der Waals surface area contributed by atoms with Crippen LogP contribution in [0, 0.1) is 5.92 Å². The SMILES string of the molecule is CC(C)C(=O)Oc1c(Cl)cc(NS(=O)[O-])cc1Cl. The van der Waals surface area contributed by atoms with Crippen LogP contribution in [0.15, 0.2) is 12.1 Å². The van der Waals surface area contributed by atoms with E-state index >= 15 is 0 Å². The van der Waals surface area contributed by atoms with Gasteiger partial charge < -0.3 is 14.0 Å². The van der Waals surface area contributed by atoms with Crippen molar-refractivity contribution >= 4 is 46.1 Å². The summed E-state index contributed by atoms with van der Waals surface area (Å²) in [5, 5.41) is 0.0916. The molecule has 0 aliphatic carbocycles. The minimum atomic E-state index is -2.48. The third-order valence-electron chi connectivity index (χ3n) is 1.87. The van der Waals surface area contributed by atoms with Crippen molar-refractivity contribution in [1.82, 2.24) is 0 Å². The van der Waals surface area contributed by atoms with Crippen LogP contribution in [0.5, 0.6) is 5.75 Å². The van der Waals surface area contributed by atoms with Gasteiger partial charge in [-0.25, -0.2) is 0 Å². The van der Waals surface area contributed by atoms with Gasteiger partial charge in [0.2, 0.25) is 0 Å². The van der Waals surface area contributed by atoms with Crippen molar-refractivity contribution in [3.63, 3.8) is 0 Å². The summed E-state index contributed by atoms with van der Waals surface area (Å²) in [6, 6.07) is 2.60. The lowest BCUT2D eigenvalue weighted by Crippen LogP contribution is -2.15. The van der Waals surface area contributed by atoms with Gasteiger partial charge in [0.25, 0.3) is 0 Å². The lowest BCUT2D eigenvalue weighted by atomic mass is 10.2. The van der Waals surface area contributed by atoms with Crippen molar-refractivity contribution in [3.05, 3.63) is 22.2 Å². The third kappa shape index (κ3) is 4.13. The molecule has 0 radical (unpaired) electrons. The molecule has 1 unspecified atom stereocenters. The predicted molar refractivity (Wildman–Crippen MR) is 69.5 cm³/mol. The number of benzene rings is 1. The van der Waals surface area contributed by atoms with Crippen molar-refractivity contribution in [3.8, 4) is 5.75 Å². The van der Waals surface area contributed by atoms with E-state index in [0.717, 1.165) is 0 Å². The summed E-state index contributed by atoms with van der Waals surface area (Å²) in [6.07, 6.45) is 0. The molecule has 0 spiro atoms. The Morgan fingerprint density at radius 1 is 1.39 bits per heavy atom. The van der Waals surface area contributed by atoms with Crippen LogP contribution in [-0.2, 0) is 16.1 Å². The van der Waals surface area contributed by atoms with E-state index in [1.807, 2.05) is 0 Å². The summed E-state index contributed by atoms with van der Waals surface area (Å²) in [4.78, 5) is 11.4. The first-order valence-corrected chi connectivity index (χ1v) is 6.71. The molecule has 1 atom stereocenters. The Morgan fingerprint density at radius 3 is 2.28 bits per heavy atom. The Hall–Kier alpha value is -0.820. The molecule has 1 aromatic carbocycles. The predicted octanol–water partition coefficient (Wildman–Crippen LogP) is 2.76. The first kappa shape index (κ1) is 15.2. The Bertz CT molecular complexity index is 470. The van der Waals surface area contributed by atoms with E-state index in [1.165, 1.54) is 12.1 Å². The van der Waals surface area contributed by atoms with Gasteiger partial charge in [0.15, 0.2) is 5.75 Å². The second-order valence-electron chi connectivity index (χ2n) is 3.68. The van der Waals surface area contributed by atoms with Crippen LogP contribution in [0.3, 0.4) is 0 Å². The van der Waals surface area contributed by atoms with Crippen LogP contribution < -0.4 is 9.46 Å². The van der Waals surface area contributed by atoms with Crippen molar-refractivity contribution in [1.29, 1.82) is 0 Å². The molecule has 1 N–H and O–H groups in total. The van der Waals surface area contributed by atoms with E-state index in [-0.39, 0.29) is 27.4 Å². The quantitative estimate of drug-likeness (QED) is 0.527. The van der Waals surface area contributed by atoms with E-state index in [2.05, 4.69) is 4.72 Å². The van der Waals surface area contributed by atoms with Crippen LogP contribution in [0.25, 0.3) is 0 Å². The van der Waals surface area contributed by atoms with Gasteiger partial charge in [0.05, 0.1) is 16.0 Å². The van der Waals surface area contributed by atoms with E-state index in [0.29, 0.717) is 0 Å². The highest BCUT2D eigenvalue weighted by Crippen LogP contribution is 2.36. The van der Waals surface area contributed by atoms with Crippen LogP contribution >= 0.6 is 23.2 Å². The van der Waals surface area contributed by atoms with E-state index in [9.17, 15) is 13.6 Å². The van der Waals surface area contributed by atoms with Gasteiger partial charge in [-0.05, 0) is 12.1 Å². The lowest BCUT2D eigenvalue weighted by Gasteiger charge is -2.13. The molecular weight excluding hydrogens is 301 g/mol. The van der Waals surface area contributed by atoms with Crippen molar-refractivity contribution < 1.29 is 18.3 Å². The number of carbonyl (C=O) groups is 1. The molecule has 0 aromatic heterocycles. The fraction of sp³-hybridized carbons (Fsp3) is 0.300. The fourth-order valence-corrected chi connectivity index (χ4v) is 1.91. The van der Waals surface area contributed by atoms with Gasteiger partial charge in [-0.2, -0.15) is 0 Å². The summed E-state index contributed by atoms with van der Waals surface area (Å²) < 4.78 is 28.0. The second-order valence-corrected chi connectivity index (χ2v) is 5.17. The van der Waals surface area contributed by atoms with Gasteiger partial charge >= 0.3 is 5.97 Å². The molecule has 100 valence electrons. The monoisotopic (exact) mass is 310 g/mol. The minimum absolute atomic E-state index is 0.0132. The average Bonchev–Trinajstić information content (AvgIpc) is 2.21. The average molecular weight is 311 g/mol. The zero-order valence-corrected chi connectivity index (χ0v) is 11.9. The van der Waals surface area contributed by atoms with Gasteiger partial charge in [-0.1, -0.05) is 37.0 Å².